The Kier molecular flexibility index (Phi) is 14.2. The van der Waals surface area contributed by atoms with Crippen molar-refractivity contribution in [2.75, 3.05) is 0 Å². The third kappa shape index (κ3) is 11.1. The first-order chi connectivity index (χ1) is 13.9. The SMILES string of the molecule is CC(C)(C)C1(O)CC=CS1.CC(C)(C)C1(O)CC=CS1.[C-]1=CC=CC1.[C-]1=CC=CC1.[Zr+2]. The van der Waals surface area contributed by atoms with Gasteiger partial charge in [-0.1, -0.05) is 77.2 Å². The molecule has 0 radical (unpaired) electrons. The van der Waals surface area contributed by atoms with E-state index in [4.69, 9.17) is 0 Å². The smallest absolute Gasteiger partial charge is 0.378 e. The van der Waals surface area contributed by atoms with Gasteiger partial charge in [0.1, 0.15) is 9.87 Å². The van der Waals surface area contributed by atoms with Crippen LogP contribution in [0.25, 0.3) is 0 Å². The average Bonchev–Trinajstić information content (AvgIpc) is 3.44. The van der Waals surface area contributed by atoms with Crippen molar-refractivity contribution in [1.82, 2.24) is 0 Å². The Hall–Kier alpha value is -0.0569. The van der Waals surface area contributed by atoms with Crippen LogP contribution in [0.3, 0.4) is 0 Å². The minimum Gasteiger partial charge on any atom is -0.378 e. The Balaban J connectivity index is 0.000000401. The van der Waals surface area contributed by atoms with Gasteiger partial charge in [0.2, 0.25) is 0 Å². The minimum absolute atomic E-state index is 0. The number of thioether (sulfide) groups is 2. The standard InChI is InChI=1S/2C8H14OS.2C5H5.Zr/c2*1-7(2,3)8(9)5-4-6-10-8;2*1-2-4-5-3-1;/h2*4,6,9H,5H2,1-3H3;2*1-3H,4H2;/q;;2*-1;+2. The summed E-state index contributed by atoms with van der Waals surface area (Å²) in [6.45, 7) is 12.4. The molecule has 0 spiro atoms. The van der Waals surface area contributed by atoms with Crippen LogP contribution in [0.15, 0.2) is 59.4 Å². The summed E-state index contributed by atoms with van der Waals surface area (Å²) < 4.78 is 0. The van der Waals surface area contributed by atoms with E-state index in [-0.39, 0.29) is 37.0 Å². The fourth-order valence-electron chi connectivity index (χ4n) is 2.48. The molecular formula is C26H38O2S2Zr. The van der Waals surface area contributed by atoms with E-state index in [1.54, 1.807) is 0 Å². The predicted molar refractivity (Wildman–Crippen MR) is 135 cm³/mol. The van der Waals surface area contributed by atoms with Gasteiger partial charge in [-0.3, -0.25) is 12.2 Å². The molecule has 0 saturated heterocycles. The Bertz CT molecular complexity index is 593. The summed E-state index contributed by atoms with van der Waals surface area (Å²) in [4.78, 5) is -1.12. The van der Waals surface area contributed by atoms with Crippen LogP contribution in [0.5, 0.6) is 0 Å². The Labute approximate surface area is 218 Å². The zero-order chi connectivity index (χ0) is 22.7. The molecular weight excluding hydrogens is 500 g/mol. The van der Waals surface area contributed by atoms with Gasteiger partial charge < -0.3 is 10.2 Å². The van der Waals surface area contributed by atoms with E-state index >= 15 is 0 Å². The summed E-state index contributed by atoms with van der Waals surface area (Å²) >= 11 is 3.05. The zero-order valence-corrected chi connectivity index (χ0v) is 23.9. The van der Waals surface area contributed by atoms with E-state index in [0.29, 0.717) is 0 Å². The van der Waals surface area contributed by atoms with E-state index in [1.807, 2.05) is 47.3 Å². The molecule has 2 atom stereocenters. The second-order valence-electron chi connectivity index (χ2n) is 9.46. The molecule has 0 aromatic heterocycles. The fourth-order valence-corrected chi connectivity index (χ4v) is 4.41. The van der Waals surface area contributed by atoms with Gasteiger partial charge in [0.15, 0.2) is 0 Å². The number of hydrogen-bond acceptors (Lipinski definition) is 4. The van der Waals surface area contributed by atoms with E-state index < -0.39 is 9.87 Å². The Morgan fingerprint density at radius 3 is 1.13 bits per heavy atom. The quantitative estimate of drug-likeness (QED) is 0.317. The van der Waals surface area contributed by atoms with Crippen molar-refractivity contribution in [2.24, 2.45) is 10.8 Å². The van der Waals surface area contributed by atoms with Crippen LogP contribution in [0.1, 0.15) is 67.2 Å². The maximum Gasteiger partial charge on any atom is 2.00 e. The normalized spacial score (nSPS) is 27.1. The molecule has 0 aromatic rings. The summed E-state index contributed by atoms with van der Waals surface area (Å²) in [7, 11) is 0. The molecule has 2 unspecified atom stereocenters. The van der Waals surface area contributed by atoms with Crippen molar-refractivity contribution >= 4 is 23.5 Å². The maximum atomic E-state index is 9.93. The van der Waals surface area contributed by atoms with Gasteiger partial charge in [-0.15, -0.1) is 12.8 Å². The summed E-state index contributed by atoms with van der Waals surface area (Å²) in [6.07, 6.45) is 25.6. The van der Waals surface area contributed by atoms with E-state index in [0.717, 1.165) is 25.7 Å². The summed E-state index contributed by atoms with van der Waals surface area (Å²) in [5.41, 5.74) is -0.0532. The monoisotopic (exact) mass is 536 g/mol. The first-order valence-corrected chi connectivity index (χ1v) is 12.2. The average molecular weight is 538 g/mol. The van der Waals surface area contributed by atoms with Gasteiger partial charge in [0.25, 0.3) is 0 Å². The molecule has 2 aliphatic carbocycles. The van der Waals surface area contributed by atoms with Crippen molar-refractivity contribution < 1.29 is 36.4 Å². The van der Waals surface area contributed by atoms with Gasteiger partial charge in [0.05, 0.1) is 0 Å². The molecule has 0 bridgehead atoms. The first-order valence-electron chi connectivity index (χ1n) is 10.5. The van der Waals surface area contributed by atoms with Crippen LogP contribution in [0.2, 0.25) is 0 Å². The van der Waals surface area contributed by atoms with Gasteiger partial charge >= 0.3 is 26.2 Å². The molecule has 4 rings (SSSR count). The number of aliphatic hydroxyl groups is 2. The van der Waals surface area contributed by atoms with Gasteiger partial charge in [-0.25, -0.2) is 24.3 Å². The van der Waals surface area contributed by atoms with Crippen LogP contribution in [-0.4, -0.2) is 20.1 Å². The Morgan fingerprint density at radius 2 is 1.03 bits per heavy atom. The van der Waals surface area contributed by atoms with Gasteiger partial charge in [-0.2, -0.15) is 12.2 Å². The van der Waals surface area contributed by atoms with Crippen LogP contribution in [0.4, 0.5) is 0 Å². The van der Waals surface area contributed by atoms with Gasteiger partial charge in [0, 0.05) is 23.7 Å². The zero-order valence-electron chi connectivity index (χ0n) is 19.8. The van der Waals surface area contributed by atoms with E-state index in [1.165, 1.54) is 23.5 Å². The molecule has 0 aromatic carbocycles. The summed E-state index contributed by atoms with van der Waals surface area (Å²) in [5, 5.41) is 23.8. The van der Waals surface area contributed by atoms with Crippen molar-refractivity contribution in [1.29, 1.82) is 0 Å². The summed E-state index contributed by atoms with van der Waals surface area (Å²) in [5.74, 6) is 0. The van der Waals surface area contributed by atoms with Crippen LogP contribution >= 0.6 is 23.5 Å². The second kappa shape index (κ2) is 14.3. The predicted octanol–water partition coefficient (Wildman–Crippen LogP) is 7.35. The third-order valence-corrected chi connectivity index (χ3v) is 8.02. The van der Waals surface area contributed by atoms with Crippen LogP contribution < -0.4 is 0 Å². The molecule has 0 fully saturated rings. The van der Waals surface area contributed by atoms with Crippen molar-refractivity contribution in [3.05, 3.63) is 71.6 Å². The third-order valence-electron chi connectivity index (χ3n) is 5.02. The van der Waals surface area contributed by atoms with Crippen molar-refractivity contribution in [2.45, 2.75) is 77.1 Å². The summed E-state index contributed by atoms with van der Waals surface area (Å²) in [6, 6.07) is 0. The molecule has 170 valence electrons. The topological polar surface area (TPSA) is 40.5 Å². The minimum atomic E-state index is -0.562. The van der Waals surface area contributed by atoms with E-state index in [2.05, 4.69) is 65.8 Å². The molecule has 31 heavy (non-hydrogen) atoms. The van der Waals surface area contributed by atoms with E-state index in [9.17, 15) is 10.2 Å². The molecule has 0 saturated carbocycles. The number of rotatable bonds is 0. The maximum absolute atomic E-state index is 9.93. The number of hydrogen-bond donors (Lipinski definition) is 2. The van der Waals surface area contributed by atoms with Crippen LogP contribution in [-0.2, 0) is 26.2 Å². The molecule has 2 aliphatic heterocycles. The number of allylic oxidation sites excluding steroid dienone is 8. The largest absolute Gasteiger partial charge is 2.00 e. The Morgan fingerprint density at radius 1 is 0.677 bits per heavy atom. The molecule has 2 N–H and O–H groups in total. The molecule has 4 aliphatic rings. The van der Waals surface area contributed by atoms with Crippen molar-refractivity contribution in [3.63, 3.8) is 0 Å². The molecule has 2 nitrogen and oxygen atoms in total. The molecule has 5 heteroatoms. The molecule has 2 heterocycles. The molecule has 0 amide bonds. The van der Waals surface area contributed by atoms with Gasteiger partial charge in [-0.05, 0) is 10.8 Å². The van der Waals surface area contributed by atoms with Crippen LogP contribution in [0, 0.1) is 23.0 Å². The second-order valence-corrected chi connectivity index (χ2v) is 11.8. The first kappa shape index (κ1) is 30.9. The van der Waals surface area contributed by atoms with Crippen molar-refractivity contribution in [3.8, 4) is 0 Å². The fraction of sp³-hybridized carbons (Fsp3) is 0.538.